The van der Waals surface area contributed by atoms with Gasteiger partial charge < -0.3 is 4.74 Å². The molecular weight excluding hydrogens is 406 g/mol. The van der Waals surface area contributed by atoms with Gasteiger partial charge in [0, 0.05) is 17.0 Å². The molecule has 0 saturated heterocycles. The highest BCUT2D eigenvalue weighted by Gasteiger charge is 2.18. The summed E-state index contributed by atoms with van der Waals surface area (Å²) in [4.78, 5) is 14.1. The van der Waals surface area contributed by atoms with Gasteiger partial charge in [-0.15, -0.1) is 11.3 Å². The highest BCUT2D eigenvalue weighted by atomic mass is 32.2. The van der Waals surface area contributed by atoms with Gasteiger partial charge in [0.2, 0.25) is 15.8 Å². The molecule has 152 valence electrons. The fourth-order valence-electron chi connectivity index (χ4n) is 3.01. The molecule has 0 amide bonds. The topological polar surface area (TPSA) is 72.5 Å². The summed E-state index contributed by atoms with van der Waals surface area (Å²) in [5.74, 6) is 0.649. The number of carbonyl (C=O) groups excluding carboxylic acids is 1. The fraction of sp³-hybridized carbons (Fsp3) is 0.227. The van der Waals surface area contributed by atoms with Crippen LogP contribution in [0.1, 0.15) is 38.2 Å². The lowest BCUT2D eigenvalue weighted by molar-refractivity contribution is 0.104. The van der Waals surface area contributed by atoms with Crippen molar-refractivity contribution in [2.45, 2.75) is 32.2 Å². The first-order valence-corrected chi connectivity index (χ1v) is 11.5. The third kappa shape index (κ3) is 4.93. The van der Waals surface area contributed by atoms with Crippen LogP contribution < -0.4 is 9.46 Å². The minimum absolute atomic E-state index is 0.0672. The molecule has 1 aromatic heterocycles. The molecule has 0 unspecified atom stereocenters. The van der Waals surface area contributed by atoms with Gasteiger partial charge in [-0.3, -0.25) is 4.79 Å². The highest BCUT2D eigenvalue weighted by Crippen LogP contribution is 2.27. The minimum atomic E-state index is -3.68. The third-order valence-electron chi connectivity index (χ3n) is 4.39. The molecule has 0 atom stereocenters. The van der Waals surface area contributed by atoms with Crippen molar-refractivity contribution in [1.82, 2.24) is 4.72 Å². The first-order chi connectivity index (χ1) is 13.8. The van der Waals surface area contributed by atoms with Crippen LogP contribution in [0.2, 0.25) is 0 Å². The molecule has 5 nitrogen and oxygen atoms in total. The number of ketones is 1. The molecular formula is C22H23NO4S2. The van der Waals surface area contributed by atoms with Crippen molar-refractivity contribution in [1.29, 1.82) is 0 Å². The van der Waals surface area contributed by atoms with E-state index in [1.807, 2.05) is 39.0 Å². The zero-order valence-corrected chi connectivity index (χ0v) is 18.2. The largest absolute Gasteiger partial charge is 0.493 e. The Bertz CT molecular complexity index is 1100. The Morgan fingerprint density at radius 1 is 1.03 bits per heavy atom. The lowest BCUT2D eigenvalue weighted by Crippen LogP contribution is -2.23. The number of sulfonamides is 1. The van der Waals surface area contributed by atoms with Gasteiger partial charge >= 0.3 is 0 Å². The molecule has 0 aliphatic rings. The average molecular weight is 430 g/mol. The molecule has 0 aliphatic heterocycles. The van der Waals surface area contributed by atoms with Crippen molar-refractivity contribution in [3.05, 3.63) is 81.0 Å². The summed E-state index contributed by atoms with van der Waals surface area (Å²) >= 11 is 1.29. The van der Waals surface area contributed by atoms with E-state index in [9.17, 15) is 13.2 Å². The van der Waals surface area contributed by atoms with Crippen LogP contribution in [0.25, 0.3) is 0 Å². The van der Waals surface area contributed by atoms with E-state index in [0.29, 0.717) is 22.8 Å². The monoisotopic (exact) mass is 429 g/mol. The van der Waals surface area contributed by atoms with Crippen molar-refractivity contribution in [2.24, 2.45) is 0 Å². The number of benzene rings is 2. The number of aryl methyl sites for hydroxylation is 2. The van der Waals surface area contributed by atoms with Crippen LogP contribution in [0.5, 0.6) is 5.75 Å². The summed E-state index contributed by atoms with van der Waals surface area (Å²) in [6.45, 7) is 6.20. The maximum Gasteiger partial charge on any atom is 0.240 e. The minimum Gasteiger partial charge on any atom is -0.493 e. The number of nitrogens with one attached hydrogen (secondary N) is 1. The molecule has 2 aromatic carbocycles. The predicted octanol–water partition coefficient (Wildman–Crippen LogP) is 4.47. The van der Waals surface area contributed by atoms with Crippen LogP contribution in [0.15, 0.2) is 59.5 Å². The van der Waals surface area contributed by atoms with Crippen molar-refractivity contribution in [3.63, 3.8) is 0 Å². The zero-order valence-electron chi connectivity index (χ0n) is 16.6. The van der Waals surface area contributed by atoms with E-state index in [2.05, 4.69) is 4.72 Å². The molecule has 0 radical (unpaired) electrons. The van der Waals surface area contributed by atoms with E-state index in [1.165, 1.54) is 11.3 Å². The Morgan fingerprint density at radius 2 is 1.69 bits per heavy atom. The second kappa shape index (κ2) is 8.90. The molecule has 1 heterocycles. The average Bonchev–Trinajstić information content (AvgIpc) is 3.18. The van der Waals surface area contributed by atoms with Gasteiger partial charge in [-0.25, -0.2) is 13.1 Å². The Kier molecular flexibility index (Phi) is 6.52. The molecule has 7 heteroatoms. The molecule has 3 rings (SSSR count). The Balaban J connectivity index is 1.73. The first kappa shape index (κ1) is 21.2. The Morgan fingerprint density at radius 3 is 2.31 bits per heavy atom. The van der Waals surface area contributed by atoms with Crippen LogP contribution in [0.3, 0.4) is 0 Å². The number of thiophene rings is 1. The summed E-state index contributed by atoms with van der Waals surface area (Å²) in [5.41, 5.74) is 2.17. The van der Waals surface area contributed by atoms with Crippen molar-refractivity contribution >= 4 is 27.1 Å². The summed E-state index contributed by atoms with van der Waals surface area (Å²) in [5, 5.41) is 0. The van der Waals surface area contributed by atoms with Crippen LogP contribution in [0.4, 0.5) is 0 Å². The number of ether oxygens (including phenoxy) is 1. The third-order valence-corrected chi connectivity index (χ3v) is 6.86. The quantitative estimate of drug-likeness (QED) is 0.536. The first-order valence-electron chi connectivity index (χ1n) is 9.24. The molecule has 0 saturated carbocycles. The van der Waals surface area contributed by atoms with Crippen LogP contribution in [0, 0.1) is 13.8 Å². The highest BCUT2D eigenvalue weighted by molar-refractivity contribution is 7.89. The number of hydrogen-bond donors (Lipinski definition) is 1. The van der Waals surface area contributed by atoms with E-state index in [0.717, 1.165) is 16.0 Å². The smallest absolute Gasteiger partial charge is 0.240 e. The van der Waals surface area contributed by atoms with Crippen molar-refractivity contribution < 1.29 is 17.9 Å². The van der Waals surface area contributed by atoms with E-state index < -0.39 is 10.0 Å². The van der Waals surface area contributed by atoms with Gasteiger partial charge in [0.1, 0.15) is 5.75 Å². The lowest BCUT2D eigenvalue weighted by atomic mass is 10.1. The molecule has 29 heavy (non-hydrogen) atoms. The second-order valence-corrected chi connectivity index (χ2v) is 9.54. The number of carbonyl (C=O) groups is 1. The SMILES string of the molecule is CCOc1c(C)cc(S(=O)(=O)NCc2ccc(C(=O)c3ccccc3)s2)cc1C. The van der Waals surface area contributed by atoms with Gasteiger partial charge in [-0.2, -0.15) is 0 Å². The molecule has 0 fully saturated rings. The van der Waals surface area contributed by atoms with Crippen LogP contribution in [-0.2, 0) is 16.6 Å². The van der Waals surface area contributed by atoms with Gasteiger partial charge in [-0.05, 0) is 56.2 Å². The molecule has 0 spiro atoms. The van der Waals surface area contributed by atoms with Gasteiger partial charge in [0.25, 0.3) is 0 Å². The predicted molar refractivity (Wildman–Crippen MR) is 115 cm³/mol. The van der Waals surface area contributed by atoms with E-state index in [-0.39, 0.29) is 17.2 Å². The standard InChI is InChI=1S/C22H23NO4S2/c1-4-27-22-15(2)12-19(13-16(22)3)29(25,26)23-14-18-10-11-20(28-18)21(24)17-8-6-5-7-9-17/h5-13,23H,4,14H2,1-3H3. The lowest BCUT2D eigenvalue weighted by Gasteiger charge is -2.13. The van der Waals surface area contributed by atoms with E-state index in [4.69, 9.17) is 4.74 Å². The molecule has 0 aliphatic carbocycles. The van der Waals surface area contributed by atoms with Crippen molar-refractivity contribution in [3.8, 4) is 5.75 Å². The molecule has 3 aromatic rings. The van der Waals surface area contributed by atoms with Crippen LogP contribution in [-0.4, -0.2) is 20.8 Å². The summed E-state index contributed by atoms with van der Waals surface area (Å²) in [7, 11) is -3.68. The normalized spacial score (nSPS) is 11.4. The summed E-state index contributed by atoms with van der Waals surface area (Å²) in [6.07, 6.45) is 0. The molecule has 0 bridgehead atoms. The van der Waals surface area contributed by atoms with E-state index in [1.54, 1.807) is 36.4 Å². The maximum atomic E-state index is 12.7. The van der Waals surface area contributed by atoms with Gasteiger partial charge in [0.05, 0.1) is 16.4 Å². The van der Waals surface area contributed by atoms with Gasteiger partial charge in [-0.1, -0.05) is 30.3 Å². The van der Waals surface area contributed by atoms with E-state index >= 15 is 0 Å². The Labute approximate surface area is 175 Å². The summed E-state index contributed by atoms with van der Waals surface area (Å²) in [6, 6.07) is 15.7. The maximum absolute atomic E-state index is 12.7. The second-order valence-electron chi connectivity index (χ2n) is 6.60. The Hall–Kier alpha value is -2.48. The van der Waals surface area contributed by atoms with Gasteiger partial charge in [0.15, 0.2) is 0 Å². The fourth-order valence-corrected chi connectivity index (χ4v) is 5.19. The van der Waals surface area contributed by atoms with Crippen molar-refractivity contribution in [2.75, 3.05) is 6.61 Å². The number of rotatable bonds is 8. The zero-order chi connectivity index (χ0) is 21.0. The summed E-state index contributed by atoms with van der Waals surface area (Å²) < 4.78 is 33.7. The number of hydrogen-bond acceptors (Lipinski definition) is 5. The van der Waals surface area contributed by atoms with Crippen LogP contribution >= 0.6 is 11.3 Å². The molecule has 1 N–H and O–H groups in total.